The molecule has 3 rings (SSSR count). The minimum absolute atomic E-state index is 0.642. The van der Waals surface area contributed by atoms with Gasteiger partial charge in [-0.15, -0.1) is 0 Å². The third-order valence-electron chi connectivity index (χ3n) is 4.69. The molecule has 29 heavy (non-hydrogen) atoms. The maximum Gasteiger partial charge on any atom is 0.191 e. The number of ether oxygens (including phenoxy) is 1. The van der Waals surface area contributed by atoms with Crippen LogP contribution in [0.2, 0.25) is 0 Å². The molecular weight excluding hydrogens is 364 g/mol. The number of imidazole rings is 1. The molecule has 0 spiro atoms. The number of pyridine rings is 1. The molecule has 2 heterocycles. The minimum atomic E-state index is 0.642. The van der Waals surface area contributed by atoms with Crippen LogP contribution in [0, 0.1) is 13.8 Å². The van der Waals surface area contributed by atoms with E-state index in [2.05, 4.69) is 50.7 Å². The van der Waals surface area contributed by atoms with Crippen LogP contribution in [0.15, 0.2) is 53.9 Å². The van der Waals surface area contributed by atoms with Gasteiger partial charge in [0.1, 0.15) is 17.4 Å². The van der Waals surface area contributed by atoms with E-state index in [1.807, 2.05) is 36.0 Å². The van der Waals surface area contributed by atoms with Crippen LogP contribution >= 0.6 is 0 Å². The van der Waals surface area contributed by atoms with Crippen molar-refractivity contribution in [1.29, 1.82) is 0 Å². The first-order chi connectivity index (χ1) is 14.1. The van der Waals surface area contributed by atoms with Crippen LogP contribution in [0.1, 0.15) is 22.5 Å². The highest BCUT2D eigenvalue weighted by molar-refractivity contribution is 5.79. The van der Waals surface area contributed by atoms with Crippen molar-refractivity contribution < 1.29 is 4.74 Å². The first-order valence-electron chi connectivity index (χ1n) is 9.64. The Bertz CT molecular complexity index is 962. The Morgan fingerprint density at radius 1 is 1.14 bits per heavy atom. The van der Waals surface area contributed by atoms with Gasteiger partial charge < -0.3 is 15.4 Å². The maximum atomic E-state index is 5.45. The smallest absolute Gasteiger partial charge is 0.191 e. The molecule has 0 aliphatic carbocycles. The van der Waals surface area contributed by atoms with Gasteiger partial charge in [0, 0.05) is 38.7 Å². The van der Waals surface area contributed by atoms with Gasteiger partial charge in [-0.2, -0.15) is 0 Å². The Labute approximate surface area is 171 Å². The molecule has 2 N–H and O–H groups in total. The molecule has 0 saturated heterocycles. The predicted octanol–water partition coefficient (Wildman–Crippen LogP) is 2.80. The zero-order valence-electron chi connectivity index (χ0n) is 17.4. The summed E-state index contributed by atoms with van der Waals surface area (Å²) < 4.78 is 7.40. The van der Waals surface area contributed by atoms with Crippen LogP contribution in [0.3, 0.4) is 0 Å². The van der Waals surface area contributed by atoms with Crippen molar-refractivity contribution >= 4 is 5.96 Å². The van der Waals surface area contributed by atoms with Crippen LogP contribution in [0.4, 0.5) is 0 Å². The van der Waals surface area contributed by atoms with Crippen molar-refractivity contribution in [1.82, 2.24) is 25.2 Å². The second-order valence-corrected chi connectivity index (χ2v) is 6.79. The van der Waals surface area contributed by atoms with Gasteiger partial charge in [0.25, 0.3) is 0 Å². The molecule has 0 saturated carbocycles. The molecule has 152 valence electrons. The lowest BCUT2D eigenvalue weighted by Crippen LogP contribution is -2.37. The molecular formula is C22H28N6O. The summed E-state index contributed by atoms with van der Waals surface area (Å²) in [5, 5.41) is 6.68. The summed E-state index contributed by atoms with van der Waals surface area (Å²) in [4.78, 5) is 13.0. The van der Waals surface area contributed by atoms with Crippen molar-refractivity contribution in [3.8, 4) is 11.6 Å². The molecule has 0 atom stereocenters. The van der Waals surface area contributed by atoms with E-state index in [1.165, 1.54) is 11.1 Å². The van der Waals surface area contributed by atoms with Crippen molar-refractivity contribution in [2.45, 2.75) is 26.8 Å². The average Bonchev–Trinajstić information content (AvgIpc) is 3.17. The molecule has 3 aromatic rings. The molecule has 0 amide bonds. The second-order valence-electron chi connectivity index (χ2n) is 6.79. The lowest BCUT2D eigenvalue weighted by atomic mass is 10.1. The number of benzene rings is 1. The van der Waals surface area contributed by atoms with E-state index in [9.17, 15) is 0 Å². The van der Waals surface area contributed by atoms with Crippen LogP contribution in [-0.4, -0.2) is 41.2 Å². The Morgan fingerprint density at radius 3 is 2.66 bits per heavy atom. The van der Waals surface area contributed by atoms with Gasteiger partial charge in [0.2, 0.25) is 0 Å². The van der Waals surface area contributed by atoms with E-state index < -0.39 is 0 Å². The number of nitrogens with zero attached hydrogens (tertiary/aromatic N) is 4. The SMILES string of the molecule is CN=C(NCCc1cc(C)ccc1OC)NCc1ccc(-n2ccnc2C)nc1. The fourth-order valence-corrected chi connectivity index (χ4v) is 3.11. The fraction of sp³-hybridized carbons (Fsp3) is 0.318. The van der Waals surface area contributed by atoms with Gasteiger partial charge >= 0.3 is 0 Å². The highest BCUT2D eigenvalue weighted by Crippen LogP contribution is 2.19. The lowest BCUT2D eigenvalue weighted by Gasteiger charge is -2.14. The zero-order valence-corrected chi connectivity index (χ0v) is 17.4. The van der Waals surface area contributed by atoms with E-state index in [1.54, 1.807) is 20.4 Å². The molecule has 0 unspecified atom stereocenters. The number of aliphatic imine (C=N–C) groups is 1. The third-order valence-corrected chi connectivity index (χ3v) is 4.69. The summed E-state index contributed by atoms with van der Waals surface area (Å²) in [7, 11) is 3.47. The molecule has 7 heteroatoms. The zero-order chi connectivity index (χ0) is 20.6. The van der Waals surface area contributed by atoms with Gasteiger partial charge in [-0.25, -0.2) is 9.97 Å². The highest BCUT2D eigenvalue weighted by Gasteiger charge is 2.05. The molecule has 0 fully saturated rings. The Balaban J connectivity index is 1.51. The van der Waals surface area contributed by atoms with Crippen molar-refractivity contribution in [2.75, 3.05) is 20.7 Å². The number of rotatable bonds is 7. The van der Waals surface area contributed by atoms with Crippen molar-refractivity contribution in [3.05, 3.63) is 71.4 Å². The largest absolute Gasteiger partial charge is 0.496 e. The second kappa shape index (κ2) is 9.73. The van der Waals surface area contributed by atoms with E-state index in [4.69, 9.17) is 4.74 Å². The number of nitrogens with one attached hydrogen (secondary N) is 2. The van der Waals surface area contributed by atoms with Crippen LogP contribution in [-0.2, 0) is 13.0 Å². The lowest BCUT2D eigenvalue weighted by molar-refractivity contribution is 0.409. The summed E-state index contributed by atoms with van der Waals surface area (Å²) in [5.41, 5.74) is 3.49. The van der Waals surface area contributed by atoms with Crippen LogP contribution in [0.25, 0.3) is 5.82 Å². The summed E-state index contributed by atoms with van der Waals surface area (Å²) in [6, 6.07) is 10.3. The molecule has 0 bridgehead atoms. The van der Waals surface area contributed by atoms with Crippen LogP contribution in [0.5, 0.6) is 5.75 Å². The molecule has 0 aliphatic heterocycles. The Kier molecular flexibility index (Phi) is 6.84. The van der Waals surface area contributed by atoms with E-state index in [-0.39, 0.29) is 0 Å². The first-order valence-corrected chi connectivity index (χ1v) is 9.64. The van der Waals surface area contributed by atoms with Gasteiger partial charge in [0.15, 0.2) is 5.96 Å². The van der Waals surface area contributed by atoms with Gasteiger partial charge in [-0.1, -0.05) is 23.8 Å². The number of hydrogen-bond donors (Lipinski definition) is 2. The third kappa shape index (κ3) is 5.34. The van der Waals surface area contributed by atoms with E-state index in [0.29, 0.717) is 6.54 Å². The number of methoxy groups -OCH3 is 1. The standard InChI is InChI=1S/C22H28N6O/c1-16-5-7-20(29-4)19(13-16)9-10-25-22(23-3)27-15-18-6-8-21(26-14-18)28-12-11-24-17(28)2/h5-8,11-14H,9-10,15H2,1-4H3,(H2,23,25,27). The van der Waals surface area contributed by atoms with Gasteiger partial charge in [-0.3, -0.25) is 9.56 Å². The topological polar surface area (TPSA) is 76.4 Å². The Hall–Kier alpha value is -3.35. The Morgan fingerprint density at radius 2 is 2.00 bits per heavy atom. The fourth-order valence-electron chi connectivity index (χ4n) is 3.11. The molecule has 1 aromatic carbocycles. The average molecular weight is 393 g/mol. The quantitative estimate of drug-likeness (QED) is 0.478. The number of aromatic nitrogens is 3. The maximum absolute atomic E-state index is 5.45. The summed E-state index contributed by atoms with van der Waals surface area (Å²) in [6.45, 7) is 5.45. The minimum Gasteiger partial charge on any atom is -0.496 e. The van der Waals surface area contributed by atoms with Crippen LogP contribution < -0.4 is 15.4 Å². The first kappa shape index (κ1) is 20.4. The normalized spacial score (nSPS) is 11.4. The summed E-state index contributed by atoms with van der Waals surface area (Å²) >= 11 is 0. The van der Waals surface area contributed by atoms with Gasteiger partial charge in [-0.05, 0) is 43.5 Å². The van der Waals surface area contributed by atoms with Crippen molar-refractivity contribution in [3.63, 3.8) is 0 Å². The van der Waals surface area contributed by atoms with Crippen molar-refractivity contribution in [2.24, 2.45) is 4.99 Å². The number of aryl methyl sites for hydroxylation is 2. The van der Waals surface area contributed by atoms with E-state index >= 15 is 0 Å². The molecule has 7 nitrogen and oxygen atoms in total. The molecule has 0 radical (unpaired) electrons. The monoisotopic (exact) mass is 392 g/mol. The summed E-state index contributed by atoms with van der Waals surface area (Å²) in [6.07, 6.45) is 6.40. The number of hydrogen-bond acceptors (Lipinski definition) is 4. The number of guanidine groups is 1. The molecule has 0 aliphatic rings. The summed E-state index contributed by atoms with van der Waals surface area (Å²) in [5.74, 6) is 3.45. The highest BCUT2D eigenvalue weighted by atomic mass is 16.5. The predicted molar refractivity (Wildman–Crippen MR) is 116 cm³/mol. The molecule has 2 aromatic heterocycles. The van der Waals surface area contributed by atoms with Gasteiger partial charge in [0.05, 0.1) is 7.11 Å². The van der Waals surface area contributed by atoms with E-state index in [0.717, 1.165) is 41.9 Å².